The Kier molecular flexibility index (Phi) is 2.94. The van der Waals surface area contributed by atoms with Gasteiger partial charge in [-0.3, -0.25) is 4.79 Å². The maximum absolute atomic E-state index is 13.4. The number of benzene rings is 1. The Morgan fingerprint density at radius 2 is 2.38 bits per heavy atom. The molecule has 0 aromatic heterocycles. The van der Waals surface area contributed by atoms with E-state index in [2.05, 4.69) is 10.6 Å². The van der Waals surface area contributed by atoms with E-state index >= 15 is 0 Å². The second-order valence-electron chi connectivity index (χ2n) is 3.92. The minimum absolute atomic E-state index is 0.0598. The minimum atomic E-state index is -0.371. The van der Waals surface area contributed by atoms with Crippen molar-refractivity contribution in [1.29, 1.82) is 0 Å². The lowest BCUT2D eigenvalue weighted by Gasteiger charge is -2.13. The molecule has 0 spiro atoms. The molecule has 2 rings (SSSR count). The van der Waals surface area contributed by atoms with Gasteiger partial charge in [0.15, 0.2) is 0 Å². The molecule has 0 radical (unpaired) electrons. The lowest BCUT2D eigenvalue weighted by molar-refractivity contribution is -0.119. The van der Waals surface area contributed by atoms with Crippen molar-refractivity contribution in [2.24, 2.45) is 0 Å². The lowest BCUT2D eigenvalue weighted by atomic mass is 10.2. The van der Waals surface area contributed by atoms with Crippen LogP contribution in [0.25, 0.3) is 0 Å². The number of rotatable bonds is 3. The fourth-order valence-electron chi connectivity index (χ4n) is 1.74. The maximum atomic E-state index is 13.4. The first kappa shape index (κ1) is 10.7. The van der Waals surface area contributed by atoms with Crippen molar-refractivity contribution in [3.8, 4) is 0 Å². The summed E-state index contributed by atoms with van der Waals surface area (Å²) in [6.45, 7) is 0.534. The first-order valence-corrected chi connectivity index (χ1v) is 5.23. The van der Waals surface area contributed by atoms with Gasteiger partial charge in [-0.1, -0.05) is 0 Å². The van der Waals surface area contributed by atoms with E-state index in [4.69, 9.17) is 5.73 Å². The van der Waals surface area contributed by atoms with E-state index in [1.165, 1.54) is 6.07 Å². The molecule has 1 aromatic carbocycles. The molecule has 5 heteroatoms. The molecular formula is C11H14FN3O. The third-order valence-electron chi connectivity index (χ3n) is 2.62. The summed E-state index contributed by atoms with van der Waals surface area (Å²) in [5, 5.41) is 5.76. The Hall–Kier alpha value is -1.78. The molecule has 0 aliphatic carbocycles. The number of nitrogens with two attached hydrogens (primary N) is 1. The van der Waals surface area contributed by atoms with Gasteiger partial charge in [0, 0.05) is 24.7 Å². The van der Waals surface area contributed by atoms with E-state index < -0.39 is 0 Å². The van der Waals surface area contributed by atoms with Crippen molar-refractivity contribution in [3.63, 3.8) is 0 Å². The second kappa shape index (κ2) is 4.38. The Bertz CT molecular complexity index is 408. The Labute approximate surface area is 93.0 Å². The average molecular weight is 223 g/mol. The summed E-state index contributed by atoms with van der Waals surface area (Å²) < 4.78 is 13.4. The van der Waals surface area contributed by atoms with Crippen LogP contribution in [0.1, 0.15) is 12.8 Å². The van der Waals surface area contributed by atoms with Gasteiger partial charge in [0.1, 0.15) is 5.82 Å². The van der Waals surface area contributed by atoms with Crippen LogP contribution >= 0.6 is 0 Å². The molecule has 1 unspecified atom stereocenters. The summed E-state index contributed by atoms with van der Waals surface area (Å²) in [7, 11) is 0. The SMILES string of the molecule is Nc1ccc(NCC2CCC(=O)N2)c(F)c1. The van der Waals surface area contributed by atoms with E-state index in [0.29, 0.717) is 24.3 Å². The summed E-state index contributed by atoms with van der Waals surface area (Å²) in [6.07, 6.45) is 1.35. The molecule has 1 aliphatic heterocycles. The zero-order valence-corrected chi connectivity index (χ0v) is 8.79. The van der Waals surface area contributed by atoms with Crippen LogP contribution in [0.15, 0.2) is 18.2 Å². The van der Waals surface area contributed by atoms with Crippen LogP contribution in [-0.4, -0.2) is 18.5 Å². The zero-order chi connectivity index (χ0) is 11.5. The van der Waals surface area contributed by atoms with Crippen LogP contribution in [0.2, 0.25) is 0 Å². The number of hydrogen-bond acceptors (Lipinski definition) is 3. The minimum Gasteiger partial charge on any atom is -0.399 e. The molecule has 16 heavy (non-hydrogen) atoms. The van der Waals surface area contributed by atoms with Gasteiger partial charge >= 0.3 is 0 Å². The molecule has 1 heterocycles. The highest BCUT2D eigenvalue weighted by atomic mass is 19.1. The van der Waals surface area contributed by atoms with Crippen molar-refractivity contribution in [1.82, 2.24) is 5.32 Å². The van der Waals surface area contributed by atoms with Gasteiger partial charge in [0.25, 0.3) is 0 Å². The number of amides is 1. The molecule has 0 saturated carbocycles. The molecule has 4 nitrogen and oxygen atoms in total. The summed E-state index contributed by atoms with van der Waals surface area (Å²) >= 11 is 0. The first-order valence-electron chi connectivity index (χ1n) is 5.23. The van der Waals surface area contributed by atoms with Crippen LogP contribution < -0.4 is 16.4 Å². The van der Waals surface area contributed by atoms with Gasteiger partial charge in [-0.15, -0.1) is 0 Å². The maximum Gasteiger partial charge on any atom is 0.220 e. The van der Waals surface area contributed by atoms with Crippen LogP contribution in [0, 0.1) is 5.82 Å². The normalized spacial score (nSPS) is 19.6. The Morgan fingerprint density at radius 1 is 1.56 bits per heavy atom. The predicted molar refractivity (Wildman–Crippen MR) is 60.5 cm³/mol. The first-order chi connectivity index (χ1) is 7.65. The van der Waals surface area contributed by atoms with Gasteiger partial charge < -0.3 is 16.4 Å². The van der Waals surface area contributed by atoms with Crippen LogP contribution in [0.3, 0.4) is 0 Å². The number of anilines is 2. The summed E-state index contributed by atoms with van der Waals surface area (Å²) in [4.78, 5) is 10.9. The highest BCUT2D eigenvalue weighted by molar-refractivity contribution is 5.78. The molecule has 1 amide bonds. The van der Waals surface area contributed by atoms with Crippen molar-refractivity contribution < 1.29 is 9.18 Å². The molecule has 1 aliphatic rings. The number of nitrogen functional groups attached to an aromatic ring is 1. The van der Waals surface area contributed by atoms with Crippen molar-refractivity contribution in [3.05, 3.63) is 24.0 Å². The molecule has 1 fully saturated rings. The zero-order valence-electron chi connectivity index (χ0n) is 8.79. The van der Waals surface area contributed by atoms with Crippen molar-refractivity contribution >= 4 is 17.3 Å². The second-order valence-corrected chi connectivity index (χ2v) is 3.92. The number of hydrogen-bond donors (Lipinski definition) is 3. The molecule has 1 aromatic rings. The number of carbonyl (C=O) groups is 1. The van der Waals surface area contributed by atoms with E-state index in [9.17, 15) is 9.18 Å². The van der Waals surface area contributed by atoms with Gasteiger partial charge in [-0.2, -0.15) is 0 Å². The van der Waals surface area contributed by atoms with Crippen LogP contribution in [-0.2, 0) is 4.79 Å². The Morgan fingerprint density at radius 3 is 3.00 bits per heavy atom. The third-order valence-corrected chi connectivity index (χ3v) is 2.62. The third kappa shape index (κ3) is 2.42. The molecular weight excluding hydrogens is 209 g/mol. The van der Waals surface area contributed by atoms with Gasteiger partial charge in [-0.05, 0) is 24.6 Å². The van der Waals surface area contributed by atoms with Gasteiger partial charge in [-0.25, -0.2) is 4.39 Å². The van der Waals surface area contributed by atoms with Crippen LogP contribution in [0.5, 0.6) is 0 Å². The Balaban J connectivity index is 1.92. The molecule has 0 bridgehead atoms. The van der Waals surface area contributed by atoms with E-state index in [-0.39, 0.29) is 17.8 Å². The number of nitrogens with one attached hydrogen (secondary N) is 2. The monoisotopic (exact) mass is 223 g/mol. The molecule has 4 N–H and O–H groups in total. The average Bonchev–Trinajstić information content (AvgIpc) is 2.63. The molecule has 86 valence electrons. The standard InChI is InChI=1S/C11H14FN3O/c12-9-5-7(13)1-3-10(9)14-6-8-2-4-11(16)15-8/h1,3,5,8,14H,2,4,6,13H2,(H,15,16). The summed E-state index contributed by atoms with van der Waals surface area (Å²) in [5.74, 6) is -0.311. The summed E-state index contributed by atoms with van der Waals surface area (Å²) in [5.41, 5.74) is 6.25. The summed E-state index contributed by atoms with van der Waals surface area (Å²) in [6, 6.07) is 4.60. The van der Waals surface area contributed by atoms with Crippen molar-refractivity contribution in [2.75, 3.05) is 17.6 Å². The molecule has 1 saturated heterocycles. The van der Waals surface area contributed by atoms with E-state index in [1.807, 2.05) is 0 Å². The van der Waals surface area contributed by atoms with E-state index in [1.54, 1.807) is 12.1 Å². The van der Waals surface area contributed by atoms with Crippen LogP contribution in [0.4, 0.5) is 15.8 Å². The quantitative estimate of drug-likeness (QED) is 0.672. The van der Waals surface area contributed by atoms with Gasteiger partial charge in [0.2, 0.25) is 5.91 Å². The topological polar surface area (TPSA) is 67.1 Å². The highest BCUT2D eigenvalue weighted by Crippen LogP contribution is 2.17. The van der Waals surface area contributed by atoms with Gasteiger partial charge in [0.05, 0.1) is 5.69 Å². The van der Waals surface area contributed by atoms with Crippen molar-refractivity contribution in [2.45, 2.75) is 18.9 Å². The largest absolute Gasteiger partial charge is 0.399 e. The predicted octanol–water partition coefficient (Wildman–Crippen LogP) is 1.10. The van der Waals surface area contributed by atoms with E-state index in [0.717, 1.165) is 6.42 Å². The smallest absolute Gasteiger partial charge is 0.220 e. The fourth-order valence-corrected chi connectivity index (χ4v) is 1.74. The highest BCUT2D eigenvalue weighted by Gasteiger charge is 2.20. The number of carbonyl (C=O) groups excluding carboxylic acids is 1. The lowest BCUT2D eigenvalue weighted by Crippen LogP contribution is -2.31. The fraction of sp³-hybridized carbons (Fsp3) is 0.364. The number of halogens is 1. The molecule has 1 atom stereocenters.